The van der Waals surface area contributed by atoms with Crippen molar-refractivity contribution in [3.8, 4) is 0 Å². The molecular formula is C16H25ClN2O2. The Morgan fingerprint density at radius 1 is 1.43 bits per heavy atom. The minimum Gasteiger partial charge on any atom is -0.378 e. The van der Waals surface area contributed by atoms with Gasteiger partial charge in [-0.15, -0.1) is 12.4 Å². The van der Waals surface area contributed by atoms with Crippen LogP contribution in [0.5, 0.6) is 0 Å². The highest BCUT2D eigenvalue weighted by atomic mass is 35.5. The van der Waals surface area contributed by atoms with Crippen molar-refractivity contribution >= 4 is 18.3 Å². The first-order valence-electron chi connectivity index (χ1n) is 7.34. The summed E-state index contributed by atoms with van der Waals surface area (Å²) in [7, 11) is 0. The molecule has 1 aliphatic heterocycles. The third-order valence-electron chi connectivity index (χ3n) is 3.78. The van der Waals surface area contributed by atoms with E-state index in [0.717, 1.165) is 19.7 Å². The predicted octanol–water partition coefficient (Wildman–Crippen LogP) is 2.14. The lowest BCUT2D eigenvalue weighted by Gasteiger charge is -2.27. The van der Waals surface area contributed by atoms with Gasteiger partial charge in [-0.1, -0.05) is 24.3 Å². The fourth-order valence-corrected chi connectivity index (χ4v) is 2.46. The van der Waals surface area contributed by atoms with E-state index in [-0.39, 0.29) is 24.4 Å². The van der Waals surface area contributed by atoms with E-state index >= 15 is 0 Å². The van der Waals surface area contributed by atoms with Gasteiger partial charge >= 0.3 is 0 Å². The fraction of sp³-hybridized carbons (Fsp3) is 0.562. The molecule has 0 aliphatic carbocycles. The number of hydrogen-bond acceptors (Lipinski definition) is 3. The molecule has 0 radical (unpaired) electrons. The molecular weight excluding hydrogens is 288 g/mol. The molecule has 0 saturated carbocycles. The zero-order chi connectivity index (χ0) is 14.4. The van der Waals surface area contributed by atoms with Crippen molar-refractivity contribution in [1.82, 2.24) is 10.2 Å². The predicted molar refractivity (Wildman–Crippen MR) is 86.7 cm³/mol. The summed E-state index contributed by atoms with van der Waals surface area (Å²) in [6.07, 6.45) is 0.514. The Balaban J connectivity index is 0.00000220. The molecule has 1 fully saturated rings. The van der Waals surface area contributed by atoms with Crippen molar-refractivity contribution in [2.75, 3.05) is 26.3 Å². The summed E-state index contributed by atoms with van der Waals surface area (Å²) >= 11 is 0. The van der Waals surface area contributed by atoms with Gasteiger partial charge in [0, 0.05) is 32.1 Å². The van der Waals surface area contributed by atoms with Crippen LogP contribution in [-0.4, -0.2) is 43.2 Å². The molecule has 1 saturated heterocycles. The number of hydrogen-bond donors (Lipinski definition) is 1. The number of rotatable bonds is 5. The Labute approximate surface area is 133 Å². The standard InChI is InChI=1S/C16H24N2O2.ClH/c1-3-18(11-14-7-5-4-6-13(14)2)16(19)10-15-12-20-9-8-17-15;/h4-7,15,17H,3,8-12H2,1-2H3;1H. The van der Waals surface area contributed by atoms with Crippen LogP contribution in [-0.2, 0) is 16.1 Å². The average molecular weight is 313 g/mol. The number of halogens is 1. The van der Waals surface area contributed by atoms with Crippen LogP contribution in [0, 0.1) is 6.92 Å². The summed E-state index contributed by atoms with van der Waals surface area (Å²) in [5.41, 5.74) is 2.45. The van der Waals surface area contributed by atoms with Crippen LogP contribution < -0.4 is 5.32 Å². The van der Waals surface area contributed by atoms with Crippen LogP contribution in [0.25, 0.3) is 0 Å². The molecule has 0 spiro atoms. The summed E-state index contributed by atoms with van der Waals surface area (Å²) in [4.78, 5) is 14.3. The molecule has 2 rings (SSSR count). The molecule has 1 amide bonds. The molecule has 1 heterocycles. The average Bonchev–Trinajstić information content (AvgIpc) is 2.47. The normalized spacial score (nSPS) is 17.9. The first-order valence-corrected chi connectivity index (χ1v) is 7.34. The zero-order valence-electron chi connectivity index (χ0n) is 12.8. The van der Waals surface area contributed by atoms with Crippen molar-refractivity contribution in [1.29, 1.82) is 0 Å². The molecule has 1 N–H and O–H groups in total. The van der Waals surface area contributed by atoms with Gasteiger partial charge in [-0.3, -0.25) is 4.79 Å². The number of benzene rings is 1. The molecule has 21 heavy (non-hydrogen) atoms. The van der Waals surface area contributed by atoms with Crippen molar-refractivity contribution in [2.24, 2.45) is 0 Å². The number of morpholine rings is 1. The van der Waals surface area contributed by atoms with E-state index in [1.165, 1.54) is 11.1 Å². The number of nitrogens with one attached hydrogen (secondary N) is 1. The highest BCUT2D eigenvalue weighted by Gasteiger charge is 2.20. The number of nitrogens with zero attached hydrogens (tertiary/aromatic N) is 1. The first kappa shape index (κ1) is 18.0. The summed E-state index contributed by atoms with van der Waals surface area (Å²) in [6.45, 7) is 7.75. The summed E-state index contributed by atoms with van der Waals surface area (Å²) < 4.78 is 5.40. The van der Waals surface area contributed by atoms with Crippen molar-refractivity contribution in [2.45, 2.75) is 32.9 Å². The van der Waals surface area contributed by atoms with Gasteiger partial charge in [0.15, 0.2) is 0 Å². The van der Waals surface area contributed by atoms with Crippen LogP contribution in [0.1, 0.15) is 24.5 Å². The third-order valence-corrected chi connectivity index (χ3v) is 3.78. The lowest BCUT2D eigenvalue weighted by Crippen LogP contribution is -2.45. The van der Waals surface area contributed by atoms with Gasteiger partial charge in [-0.2, -0.15) is 0 Å². The van der Waals surface area contributed by atoms with Gasteiger partial charge in [0.2, 0.25) is 5.91 Å². The lowest BCUT2D eigenvalue weighted by atomic mass is 10.1. The van der Waals surface area contributed by atoms with Crippen molar-refractivity contribution in [3.05, 3.63) is 35.4 Å². The van der Waals surface area contributed by atoms with E-state index in [1.54, 1.807) is 0 Å². The first-order chi connectivity index (χ1) is 9.70. The van der Waals surface area contributed by atoms with Gasteiger partial charge in [-0.05, 0) is 25.0 Å². The van der Waals surface area contributed by atoms with Crippen LogP contribution in [0.2, 0.25) is 0 Å². The summed E-state index contributed by atoms with van der Waals surface area (Å²) in [6, 6.07) is 8.39. The smallest absolute Gasteiger partial charge is 0.224 e. The lowest BCUT2D eigenvalue weighted by molar-refractivity contribution is -0.132. The van der Waals surface area contributed by atoms with Crippen LogP contribution in [0.15, 0.2) is 24.3 Å². The topological polar surface area (TPSA) is 41.6 Å². The molecule has 0 aromatic heterocycles. The molecule has 1 aliphatic rings. The number of amides is 1. The van der Waals surface area contributed by atoms with Crippen LogP contribution >= 0.6 is 12.4 Å². The van der Waals surface area contributed by atoms with E-state index in [1.807, 2.05) is 24.0 Å². The van der Waals surface area contributed by atoms with Gasteiger partial charge in [0.1, 0.15) is 0 Å². The number of carbonyl (C=O) groups excluding carboxylic acids is 1. The second-order valence-electron chi connectivity index (χ2n) is 5.26. The molecule has 5 heteroatoms. The second kappa shape index (κ2) is 9.03. The van der Waals surface area contributed by atoms with Crippen LogP contribution in [0.4, 0.5) is 0 Å². The summed E-state index contributed by atoms with van der Waals surface area (Å²) in [5.74, 6) is 0.193. The number of carbonyl (C=O) groups is 1. The maximum atomic E-state index is 12.4. The zero-order valence-corrected chi connectivity index (χ0v) is 13.6. The van der Waals surface area contributed by atoms with E-state index in [4.69, 9.17) is 4.74 Å². The quantitative estimate of drug-likeness (QED) is 0.906. The SMILES string of the molecule is CCN(Cc1ccccc1C)C(=O)CC1COCCN1.Cl. The molecule has 1 atom stereocenters. The molecule has 0 bridgehead atoms. The van der Waals surface area contributed by atoms with E-state index < -0.39 is 0 Å². The molecule has 4 nitrogen and oxygen atoms in total. The second-order valence-corrected chi connectivity index (χ2v) is 5.26. The van der Waals surface area contributed by atoms with Crippen molar-refractivity contribution in [3.63, 3.8) is 0 Å². The molecule has 1 aromatic carbocycles. The van der Waals surface area contributed by atoms with Gasteiger partial charge < -0.3 is 15.0 Å². The van der Waals surface area contributed by atoms with Crippen LogP contribution in [0.3, 0.4) is 0 Å². The maximum Gasteiger partial charge on any atom is 0.224 e. The maximum absolute atomic E-state index is 12.4. The van der Waals surface area contributed by atoms with E-state index in [0.29, 0.717) is 19.6 Å². The van der Waals surface area contributed by atoms with Gasteiger partial charge in [0.25, 0.3) is 0 Å². The van der Waals surface area contributed by atoms with Crippen molar-refractivity contribution < 1.29 is 9.53 Å². The monoisotopic (exact) mass is 312 g/mol. The number of ether oxygens (including phenoxy) is 1. The Kier molecular flexibility index (Phi) is 7.72. The van der Waals surface area contributed by atoms with Gasteiger partial charge in [-0.25, -0.2) is 0 Å². The summed E-state index contributed by atoms with van der Waals surface area (Å²) in [5, 5.41) is 3.33. The number of aryl methyl sites for hydroxylation is 1. The largest absolute Gasteiger partial charge is 0.378 e. The molecule has 1 aromatic rings. The Morgan fingerprint density at radius 3 is 2.81 bits per heavy atom. The highest BCUT2D eigenvalue weighted by molar-refractivity contribution is 5.85. The minimum absolute atomic E-state index is 0. The Hall–Kier alpha value is -1.10. The fourth-order valence-electron chi connectivity index (χ4n) is 2.46. The third kappa shape index (κ3) is 5.30. The van der Waals surface area contributed by atoms with E-state index in [2.05, 4.69) is 24.4 Å². The van der Waals surface area contributed by atoms with Gasteiger partial charge in [0.05, 0.1) is 13.2 Å². The molecule has 118 valence electrons. The Morgan fingerprint density at radius 2 is 2.19 bits per heavy atom. The van der Waals surface area contributed by atoms with E-state index in [9.17, 15) is 4.79 Å². The highest BCUT2D eigenvalue weighted by Crippen LogP contribution is 2.12. The Bertz CT molecular complexity index is 448. The molecule has 1 unspecified atom stereocenters. The minimum atomic E-state index is 0.